The number of aromatic amines is 1. The van der Waals surface area contributed by atoms with Crippen LogP contribution in [-0.4, -0.2) is 98.8 Å². The molecule has 3 saturated heterocycles. The molecule has 7 rings (SSSR count). The summed E-state index contributed by atoms with van der Waals surface area (Å²) in [5.74, 6) is -0.201. The number of hydrogen-bond donors (Lipinski definition) is 6. The van der Waals surface area contributed by atoms with Crippen LogP contribution < -0.4 is 17.0 Å². The maximum atomic E-state index is 16.0. The Morgan fingerprint density at radius 3 is 2.51 bits per heavy atom. The van der Waals surface area contributed by atoms with Gasteiger partial charge in [-0.25, -0.2) is 0 Å². The van der Waals surface area contributed by atoms with Crippen LogP contribution in [0, 0.1) is 0 Å². The van der Waals surface area contributed by atoms with Crippen molar-refractivity contribution >= 4 is 72.0 Å². The quantitative estimate of drug-likeness (QED) is 0.118. The molecule has 3 unspecified atom stereocenters. The van der Waals surface area contributed by atoms with Crippen molar-refractivity contribution in [3.8, 4) is 0 Å². The van der Waals surface area contributed by atoms with Crippen molar-refractivity contribution in [1.29, 1.82) is 0 Å². The number of nitrogens with zero attached hydrogens (tertiary/aromatic N) is 7. The van der Waals surface area contributed by atoms with E-state index in [0.29, 0.717) is 0 Å². The van der Waals surface area contributed by atoms with Gasteiger partial charge in [0.15, 0.2) is 0 Å². The number of fused-ring (bicyclic) bond motifs is 5. The van der Waals surface area contributed by atoms with Gasteiger partial charge in [0, 0.05) is 0 Å². The first-order valence-electron chi connectivity index (χ1n) is 13.0. The summed E-state index contributed by atoms with van der Waals surface area (Å²) in [7, 11) is -4.59. The monoisotopic (exact) mass is 712 g/mol. The molecular weight excluding hydrogens is 688 g/mol. The molecule has 3 fully saturated rings. The van der Waals surface area contributed by atoms with E-state index in [1.807, 2.05) is 0 Å². The number of ether oxygens (including phenoxy) is 2. The van der Waals surface area contributed by atoms with E-state index in [2.05, 4.69) is 42.2 Å². The fraction of sp³-hybridized carbons (Fsp3) is 0.500. The Hall–Kier alpha value is -2.53. The molecule has 244 valence electrons. The molecule has 0 aromatic carbocycles. The van der Waals surface area contributed by atoms with Gasteiger partial charge in [-0.1, -0.05) is 0 Å². The molecule has 25 heteroatoms. The van der Waals surface area contributed by atoms with Crippen molar-refractivity contribution in [1.82, 2.24) is 39.0 Å². The van der Waals surface area contributed by atoms with E-state index in [1.54, 1.807) is 0 Å². The average Bonchev–Trinajstić information content (AvgIpc) is 3.72. The van der Waals surface area contributed by atoms with E-state index < -0.39 is 81.9 Å². The Morgan fingerprint density at radius 2 is 1.73 bits per heavy atom. The first-order valence-corrected chi connectivity index (χ1v) is 18.6. The third kappa shape index (κ3) is 5.59. The molecule has 0 amide bonds. The van der Waals surface area contributed by atoms with Gasteiger partial charge in [-0.05, 0) is 0 Å². The number of hydrogen-bond acceptors (Lipinski definition) is 17. The number of rotatable bonds is 2. The van der Waals surface area contributed by atoms with Gasteiger partial charge in [-0.3, -0.25) is 0 Å². The third-order valence-corrected chi connectivity index (χ3v) is 10.7. The van der Waals surface area contributed by atoms with E-state index in [4.69, 9.17) is 50.8 Å². The number of H-pyrrole nitrogens is 1. The Kier molecular flexibility index (Phi) is 7.82. The number of nitrogens with two attached hydrogens (primary N) is 2. The molecule has 9 atom stereocenters. The molecule has 4 aromatic heterocycles. The van der Waals surface area contributed by atoms with Crippen molar-refractivity contribution in [3.63, 3.8) is 0 Å². The van der Waals surface area contributed by atoms with Gasteiger partial charge in [0.25, 0.3) is 0 Å². The van der Waals surface area contributed by atoms with Crippen molar-refractivity contribution in [3.05, 3.63) is 29.3 Å². The minimum absolute atomic E-state index is 0.0490. The molecule has 0 saturated carbocycles. The van der Waals surface area contributed by atoms with Crippen LogP contribution in [0.2, 0.25) is 0 Å². The molecule has 4 aromatic rings. The van der Waals surface area contributed by atoms with E-state index in [1.165, 1.54) is 15.5 Å². The molecule has 3 aliphatic heterocycles. The van der Waals surface area contributed by atoms with Crippen LogP contribution in [0.1, 0.15) is 12.5 Å². The molecule has 45 heavy (non-hydrogen) atoms. The fourth-order valence-corrected chi connectivity index (χ4v) is 8.37. The first-order chi connectivity index (χ1) is 21.3. The predicted molar refractivity (Wildman–Crippen MR) is 158 cm³/mol. The summed E-state index contributed by atoms with van der Waals surface area (Å²) in [6, 6.07) is 0. The van der Waals surface area contributed by atoms with Crippen molar-refractivity contribution in [2.75, 3.05) is 24.7 Å². The average molecular weight is 713 g/mol. The van der Waals surface area contributed by atoms with E-state index in [0.717, 1.165) is 12.7 Å². The zero-order chi connectivity index (χ0) is 31.8. The fourth-order valence-electron chi connectivity index (χ4n) is 5.30. The van der Waals surface area contributed by atoms with E-state index >= 15 is 8.78 Å². The summed E-state index contributed by atoms with van der Waals surface area (Å²) in [6.07, 6.45) is -9.45. The minimum atomic E-state index is -4.59. The number of halogens is 2. The predicted octanol–water partition coefficient (Wildman–Crippen LogP) is -0.0391. The second-order valence-electron chi connectivity index (χ2n) is 10.2. The summed E-state index contributed by atoms with van der Waals surface area (Å²) in [6.45, 7) is -5.62. The van der Waals surface area contributed by atoms with E-state index in [-0.39, 0.29) is 34.1 Å². The van der Waals surface area contributed by atoms with Crippen LogP contribution in [0.15, 0.2) is 23.8 Å². The van der Waals surface area contributed by atoms with Crippen LogP contribution in [0.3, 0.4) is 0 Å². The van der Waals surface area contributed by atoms with Crippen LogP contribution in [0.5, 0.6) is 0 Å². The molecule has 3 aliphatic rings. The van der Waals surface area contributed by atoms with Gasteiger partial charge in [-0.15, -0.1) is 0 Å². The summed E-state index contributed by atoms with van der Waals surface area (Å²) in [5.41, 5.74) is 11.0. The summed E-state index contributed by atoms with van der Waals surface area (Å²) >= 11 is 9.26. The number of aromatic nitrogens is 8. The molecule has 0 spiro atoms. The zero-order valence-electron chi connectivity index (χ0n) is 22.4. The zero-order valence-corrected chi connectivity index (χ0v) is 26.0. The number of imidazole rings is 2. The normalized spacial score (nSPS) is 36.3. The Balaban J connectivity index is 1.20. The third-order valence-electron chi connectivity index (χ3n) is 7.30. The van der Waals surface area contributed by atoms with Crippen molar-refractivity contribution in [2.24, 2.45) is 0 Å². The van der Waals surface area contributed by atoms with Crippen LogP contribution in [0.25, 0.3) is 22.3 Å². The SMILES string of the molecule is Nc1nc2c(ncn2[C@@H]2O[C@@H]3CO[P@@](O)(=S)OC4[C@@H](CO[PH](O)(S)OC2C3F)O[C@@H](n2cnc3c(N)ncnc32)[C@H]4F)c(=O)[nH]1. The Morgan fingerprint density at radius 1 is 1.02 bits per heavy atom. The Bertz CT molecular complexity index is 1890. The summed E-state index contributed by atoms with van der Waals surface area (Å²) < 4.78 is 68.2. The van der Waals surface area contributed by atoms with Gasteiger partial charge in [0.2, 0.25) is 0 Å². The van der Waals surface area contributed by atoms with Crippen LogP contribution >= 0.6 is 26.1 Å². The second-order valence-corrected chi connectivity index (χ2v) is 16.3. The topological polar surface area (TPSA) is 255 Å². The second kappa shape index (κ2) is 11.3. The summed E-state index contributed by atoms with van der Waals surface area (Å²) in [4.78, 5) is 56.7. The van der Waals surface area contributed by atoms with Crippen molar-refractivity contribution in [2.45, 2.75) is 49.2 Å². The standard InChI is InChI=1S/C20H24F2N10O9P2S2/c21-8-6-1-36-42(34,44)40-12-7(39-18(9(12)22)31-4-27-10-14(23)25-3-26-15(10)31)2-37-43(35,45)41-13(8)19(38-6)32-5-28-11-16(32)29-20(24)30-17(11)33/h3-9,12-13,18-19,35,43,45H,1-2H2,(H,34,44)(H2,23,25,26)(H3,24,29,30,33)/t6-,7-,8?,9+,12?,13?,18-,19-,42-/m1/s1. The molecule has 0 aliphatic carbocycles. The van der Waals surface area contributed by atoms with Gasteiger partial charge in [-0.2, -0.15) is 0 Å². The van der Waals surface area contributed by atoms with Crippen LogP contribution in [-0.2, 0) is 39.4 Å². The molecular formula is C20H24F2N10O9P2S2. The van der Waals surface area contributed by atoms with Gasteiger partial charge < -0.3 is 0 Å². The number of nitrogen functional groups attached to an aromatic ring is 2. The number of anilines is 2. The Labute approximate surface area is 260 Å². The maximum absolute atomic E-state index is 16.0. The van der Waals surface area contributed by atoms with E-state index in [9.17, 15) is 14.6 Å². The molecule has 7 heterocycles. The molecule has 2 bridgehead atoms. The molecule has 7 N–H and O–H groups in total. The van der Waals surface area contributed by atoms with Gasteiger partial charge >= 0.3 is 260 Å². The number of nitrogens with one attached hydrogen (secondary N) is 1. The first kappa shape index (κ1) is 31.1. The molecule has 0 radical (unpaired) electrons. The van der Waals surface area contributed by atoms with Crippen LogP contribution in [0.4, 0.5) is 20.5 Å². The molecule has 19 nitrogen and oxygen atoms in total. The summed E-state index contributed by atoms with van der Waals surface area (Å²) in [5, 5.41) is 0. The van der Waals surface area contributed by atoms with Gasteiger partial charge in [0.05, 0.1) is 0 Å². The number of thiol groups is 1. The van der Waals surface area contributed by atoms with Gasteiger partial charge in [0.1, 0.15) is 0 Å². The number of alkyl halides is 2. The van der Waals surface area contributed by atoms with Crippen molar-refractivity contribution < 1.29 is 46.1 Å².